The molecule has 0 aliphatic heterocycles. The summed E-state index contributed by atoms with van der Waals surface area (Å²) in [4.78, 5) is 4.02. The second-order valence-corrected chi connectivity index (χ2v) is 3.84. The van der Waals surface area contributed by atoms with Gasteiger partial charge in [-0.05, 0) is 37.8 Å². The van der Waals surface area contributed by atoms with Crippen molar-refractivity contribution in [2.45, 2.75) is 37.8 Å². The summed E-state index contributed by atoms with van der Waals surface area (Å²) in [5.74, 6) is 0.868. The van der Waals surface area contributed by atoms with Crippen LogP contribution in [0.2, 0.25) is 0 Å². The quantitative estimate of drug-likeness (QED) is 0.844. The standard InChI is InChI=1S/C11H16N2O.ClH/c12-9-3-5-10(6-4-9)14-11-2-1-7-13-8-11;/h1-2,7-10H,3-6,12H2;1H. The van der Waals surface area contributed by atoms with Crippen molar-refractivity contribution in [3.8, 4) is 5.75 Å². The van der Waals surface area contributed by atoms with Crippen LogP contribution in [0.1, 0.15) is 25.7 Å². The van der Waals surface area contributed by atoms with Crippen LogP contribution in [0.25, 0.3) is 0 Å². The number of ether oxygens (including phenoxy) is 1. The molecule has 1 aliphatic rings. The van der Waals surface area contributed by atoms with Crippen LogP contribution in [0.4, 0.5) is 0 Å². The first-order valence-corrected chi connectivity index (χ1v) is 5.17. The Kier molecular flexibility index (Phi) is 4.85. The van der Waals surface area contributed by atoms with Crippen LogP contribution >= 0.6 is 12.4 Å². The van der Waals surface area contributed by atoms with E-state index in [1.54, 1.807) is 12.4 Å². The molecular weight excluding hydrogens is 212 g/mol. The molecule has 0 spiro atoms. The molecule has 0 bridgehead atoms. The van der Waals surface area contributed by atoms with E-state index < -0.39 is 0 Å². The van der Waals surface area contributed by atoms with E-state index in [1.807, 2.05) is 12.1 Å². The largest absolute Gasteiger partial charge is 0.489 e. The van der Waals surface area contributed by atoms with Gasteiger partial charge in [0.25, 0.3) is 0 Å². The van der Waals surface area contributed by atoms with Gasteiger partial charge in [0, 0.05) is 12.2 Å². The van der Waals surface area contributed by atoms with Crippen molar-refractivity contribution < 1.29 is 4.74 Å². The lowest BCUT2D eigenvalue weighted by molar-refractivity contribution is 0.146. The fourth-order valence-corrected chi connectivity index (χ4v) is 1.82. The summed E-state index contributed by atoms with van der Waals surface area (Å²) < 4.78 is 5.79. The van der Waals surface area contributed by atoms with Crippen molar-refractivity contribution in [1.82, 2.24) is 4.98 Å². The second kappa shape index (κ2) is 5.93. The van der Waals surface area contributed by atoms with Crippen LogP contribution in [-0.2, 0) is 0 Å². The lowest BCUT2D eigenvalue weighted by Crippen LogP contribution is -2.31. The van der Waals surface area contributed by atoms with Crippen molar-refractivity contribution in [2.75, 3.05) is 0 Å². The Morgan fingerprint density at radius 3 is 2.60 bits per heavy atom. The fourth-order valence-electron chi connectivity index (χ4n) is 1.82. The molecule has 2 N–H and O–H groups in total. The Hall–Kier alpha value is -0.800. The van der Waals surface area contributed by atoms with Crippen molar-refractivity contribution >= 4 is 12.4 Å². The monoisotopic (exact) mass is 228 g/mol. The van der Waals surface area contributed by atoms with Gasteiger partial charge in [0.1, 0.15) is 5.75 Å². The number of rotatable bonds is 2. The van der Waals surface area contributed by atoms with E-state index in [1.165, 1.54) is 0 Å². The molecule has 1 heterocycles. The van der Waals surface area contributed by atoms with Gasteiger partial charge in [-0.1, -0.05) is 0 Å². The molecule has 0 atom stereocenters. The lowest BCUT2D eigenvalue weighted by Gasteiger charge is -2.26. The zero-order valence-corrected chi connectivity index (χ0v) is 9.45. The Morgan fingerprint density at radius 1 is 1.27 bits per heavy atom. The molecule has 0 amide bonds. The lowest BCUT2D eigenvalue weighted by atomic mass is 9.94. The first kappa shape index (κ1) is 12.3. The molecule has 2 rings (SSSR count). The Labute approximate surface area is 96.4 Å². The fraction of sp³-hybridized carbons (Fsp3) is 0.545. The highest BCUT2D eigenvalue weighted by Crippen LogP contribution is 2.21. The number of hydrogen-bond donors (Lipinski definition) is 1. The molecule has 0 radical (unpaired) electrons. The van der Waals surface area contributed by atoms with Gasteiger partial charge in [-0.25, -0.2) is 0 Å². The molecule has 3 nitrogen and oxygen atoms in total. The molecule has 15 heavy (non-hydrogen) atoms. The summed E-state index contributed by atoms with van der Waals surface area (Å²) >= 11 is 0. The van der Waals surface area contributed by atoms with Crippen molar-refractivity contribution in [3.63, 3.8) is 0 Å². The molecule has 1 aromatic rings. The normalized spacial score (nSPS) is 25.4. The Bertz CT molecular complexity index is 273. The van der Waals surface area contributed by atoms with Crippen LogP contribution in [0.5, 0.6) is 5.75 Å². The van der Waals surface area contributed by atoms with E-state index in [4.69, 9.17) is 10.5 Å². The molecule has 1 aromatic heterocycles. The summed E-state index contributed by atoms with van der Waals surface area (Å²) in [6, 6.07) is 4.22. The maximum atomic E-state index is 5.82. The number of nitrogens with zero attached hydrogens (tertiary/aromatic N) is 1. The highest BCUT2D eigenvalue weighted by molar-refractivity contribution is 5.85. The molecule has 1 aliphatic carbocycles. The zero-order chi connectivity index (χ0) is 9.80. The van der Waals surface area contributed by atoms with Gasteiger partial charge in [-0.2, -0.15) is 0 Å². The molecule has 0 saturated heterocycles. The average molecular weight is 229 g/mol. The van der Waals surface area contributed by atoms with Gasteiger partial charge >= 0.3 is 0 Å². The van der Waals surface area contributed by atoms with Gasteiger partial charge in [0.15, 0.2) is 0 Å². The van der Waals surface area contributed by atoms with Crippen LogP contribution in [0.3, 0.4) is 0 Å². The van der Waals surface area contributed by atoms with Crippen molar-refractivity contribution in [2.24, 2.45) is 5.73 Å². The third kappa shape index (κ3) is 3.68. The van der Waals surface area contributed by atoms with E-state index >= 15 is 0 Å². The predicted molar refractivity (Wildman–Crippen MR) is 62.3 cm³/mol. The summed E-state index contributed by atoms with van der Waals surface area (Å²) in [5, 5.41) is 0. The summed E-state index contributed by atoms with van der Waals surface area (Å²) in [5.41, 5.74) is 5.82. The van der Waals surface area contributed by atoms with Crippen molar-refractivity contribution in [1.29, 1.82) is 0 Å². The molecular formula is C11H17ClN2O. The highest BCUT2D eigenvalue weighted by atomic mass is 35.5. The van der Waals surface area contributed by atoms with E-state index in [0.29, 0.717) is 12.1 Å². The van der Waals surface area contributed by atoms with Gasteiger partial charge in [0.2, 0.25) is 0 Å². The first-order valence-electron chi connectivity index (χ1n) is 5.17. The molecule has 84 valence electrons. The SMILES string of the molecule is Cl.NC1CCC(Oc2cccnc2)CC1. The maximum Gasteiger partial charge on any atom is 0.137 e. The Morgan fingerprint density at radius 2 is 2.00 bits per heavy atom. The summed E-state index contributed by atoms with van der Waals surface area (Å²) in [7, 11) is 0. The summed E-state index contributed by atoms with van der Waals surface area (Å²) in [6.07, 6.45) is 8.12. The van der Waals surface area contributed by atoms with E-state index in [0.717, 1.165) is 31.4 Å². The smallest absolute Gasteiger partial charge is 0.137 e. The van der Waals surface area contributed by atoms with Gasteiger partial charge in [0.05, 0.1) is 12.3 Å². The van der Waals surface area contributed by atoms with Gasteiger partial charge < -0.3 is 10.5 Å². The molecule has 0 unspecified atom stereocenters. The topological polar surface area (TPSA) is 48.1 Å². The number of pyridine rings is 1. The second-order valence-electron chi connectivity index (χ2n) is 3.84. The molecule has 1 fully saturated rings. The van der Waals surface area contributed by atoms with Gasteiger partial charge in [-0.15, -0.1) is 12.4 Å². The first-order chi connectivity index (χ1) is 6.84. The number of halogens is 1. The van der Waals surface area contributed by atoms with E-state index in [2.05, 4.69) is 4.98 Å². The van der Waals surface area contributed by atoms with E-state index in [-0.39, 0.29) is 12.4 Å². The third-order valence-electron chi connectivity index (χ3n) is 2.66. The van der Waals surface area contributed by atoms with E-state index in [9.17, 15) is 0 Å². The minimum atomic E-state index is 0. The maximum absolute atomic E-state index is 5.82. The average Bonchev–Trinajstić information content (AvgIpc) is 2.23. The molecule has 1 saturated carbocycles. The zero-order valence-electron chi connectivity index (χ0n) is 8.63. The van der Waals surface area contributed by atoms with Gasteiger partial charge in [-0.3, -0.25) is 4.98 Å². The highest BCUT2D eigenvalue weighted by Gasteiger charge is 2.19. The van der Waals surface area contributed by atoms with Crippen molar-refractivity contribution in [3.05, 3.63) is 24.5 Å². The Balaban J connectivity index is 0.00000112. The number of nitrogens with two attached hydrogens (primary N) is 1. The third-order valence-corrected chi connectivity index (χ3v) is 2.66. The minimum absolute atomic E-state index is 0. The van der Waals surface area contributed by atoms with Crippen LogP contribution in [0.15, 0.2) is 24.5 Å². The predicted octanol–water partition coefficient (Wildman–Crippen LogP) is 2.15. The van der Waals surface area contributed by atoms with Crippen LogP contribution < -0.4 is 10.5 Å². The minimum Gasteiger partial charge on any atom is -0.489 e. The van der Waals surface area contributed by atoms with Crippen LogP contribution in [-0.4, -0.2) is 17.1 Å². The number of hydrogen-bond acceptors (Lipinski definition) is 3. The number of aromatic nitrogens is 1. The molecule has 0 aromatic carbocycles. The van der Waals surface area contributed by atoms with Crippen LogP contribution in [0, 0.1) is 0 Å². The summed E-state index contributed by atoms with van der Waals surface area (Å²) in [6.45, 7) is 0. The molecule has 4 heteroatoms.